The molecule has 0 N–H and O–H groups in total. The van der Waals surface area contributed by atoms with Crippen molar-refractivity contribution in [3.63, 3.8) is 0 Å². The van der Waals surface area contributed by atoms with E-state index in [2.05, 4.69) is 5.10 Å². The molecule has 11 heteroatoms. The number of hydrazone groups is 1. The van der Waals surface area contributed by atoms with E-state index >= 15 is 0 Å². The second kappa shape index (κ2) is 8.03. The second-order valence-electron chi connectivity index (χ2n) is 6.20. The van der Waals surface area contributed by atoms with Crippen LogP contribution in [0.2, 0.25) is 0 Å². The van der Waals surface area contributed by atoms with Crippen molar-refractivity contribution < 1.29 is 28.7 Å². The van der Waals surface area contributed by atoms with E-state index in [-0.39, 0.29) is 11.7 Å². The van der Waals surface area contributed by atoms with Gasteiger partial charge in [0.2, 0.25) is 11.8 Å². The number of carbonyl (C=O) groups excluding carboxylic acids is 5. The fourth-order valence-electron chi connectivity index (χ4n) is 2.90. The molecule has 2 aliphatic rings. The number of imide groups is 2. The standard InChI is InChI=1S/C18H18N4O6S/c1-4-28-17(26)12(23)13-19-22(10-8-6-5-7-9-10)16(29-13)11-14(24)20(2)18(27)21(3)15(11)25/h5-9,11,16H,4H2,1-3H3. The zero-order valence-electron chi connectivity index (χ0n) is 15.9. The van der Waals surface area contributed by atoms with Gasteiger partial charge >= 0.3 is 12.0 Å². The Labute approximate surface area is 170 Å². The molecule has 0 spiro atoms. The number of rotatable bonds is 5. The number of carbonyl (C=O) groups is 5. The average Bonchev–Trinajstić information content (AvgIpc) is 3.16. The summed E-state index contributed by atoms with van der Waals surface area (Å²) in [4.78, 5) is 63.5. The van der Waals surface area contributed by atoms with Crippen LogP contribution in [0.5, 0.6) is 0 Å². The number of anilines is 1. The van der Waals surface area contributed by atoms with Crippen LogP contribution in [-0.2, 0) is 23.9 Å². The molecule has 1 aromatic rings. The lowest BCUT2D eigenvalue weighted by molar-refractivity contribution is -0.150. The van der Waals surface area contributed by atoms with E-state index < -0.39 is 40.9 Å². The fourth-order valence-corrected chi connectivity index (χ4v) is 4.09. The van der Waals surface area contributed by atoms with Crippen molar-refractivity contribution in [1.82, 2.24) is 9.80 Å². The van der Waals surface area contributed by atoms with Crippen LogP contribution in [0.25, 0.3) is 0 Å². The smallest absolute Gasteiger partial charge is 0.382 e. The molecule has 0 aliphatic carbocycles. The number of esters is 1. The Hall–Kier alpha value is -3.21. The summed E-state index contributed by atoms with van der Waals surface area (Å²) in [6.07, 6.45) is 0. The van der Waals surface area contributed by atoms with Gasteiger partial charge in [-0.25, -0.2) is 14.6 Å². The van der Waals surface area contributed by atoms with Gasteiger partial charge in [-0.1, -0.05) is 30.0 Å². The van der Waals surface area contributed by atoms with Gasteiger partial charge in [-0.2, -0.15) is 5.10 Å². The number of ketones is 1. The lowest BCUT2D eigenvalue weighted by Crippen LogP contribution is -2.60. The molecule has 1 saturated heterocycles. The van der Waals surface area contributed by atoms with Crippen molar-refractivity contribution in [2.75, 3.05) is 25.7 Å². The molecule has 3 rings (SSSR count). The molecule has 152 valence electrons. The molecule has 1 atom stereocenters. The van der Waals surface area contributed by atoms with E-state index in [1.807, 2.05) is 0 Å². The first-order valence-electron chi connectivity index (χ1n) is 8.68. The van der Waals surface area contributed by atoms with Crippen LogP contribution >= 0.6 is 11.8 Å². The first-order chi connectivity index (χ1) is 13.8. The number of hydrogen-bond donors (Lipinski definition) is 0. The lowest BCUT2D eigenvalue weighted by Gasteiger charge is -2.37. The summed E-state index contributed by atoms with van der Waals surface area (Å²) in [7, 11) is 2.55. The Kier molecular flexibility index (Phi) is 5.69. The van der Waals surface area contributed by atoms with Crippen molar-refractivity contribution in [2.24, 2.45) is 11.0 Å². The number of thioether (sulfide) groups is 1. The van der Waals surface area contributed by atoms with Crippen LogP contribution in [0.4, 0.5) is 10.5 Å². The maximum atomic E-state index is 12.8. The topological polar surface area (TPSA) is 117 Å². The summed E-state index contributed by atoms with van der Waals surface area (Å²) in [6, 6.07) is 7.85. The molecule has 0 radical (unpaired) electrons. The van der Waals surface area contributed by atoms with Gasteiger partial charge in [-0.3, -0.25) is 24.2 Å². The number of amides is 4. The molecule has 29 heavy (non-hydrogen) atoms. The number of para-hydroxylation sites is 1. The number of benzene rings is 1. The molecule has 4 amide bonds. The van der Waals surface area contributed by atoms with Gasteiger partial charge in [0.1, 0.15) is 11.3 Å². The van der Waals surface area contributed by atoms with Crippen molar-refractivity contribution in [1.29, 1.82) is 0 Å². The van der Waals surface area contributed by atoms with Crippen LogP contribution in [-0.4, -0.2) is 70.5 Å². The molecule has 1 unspecified atom stereocenters. The van der Waals surface area contributed by atoms with Gasteiger partial charge in [0.15, 0.2) is 5.04 Å². The van der Waals surface area contributed by atoms with Gasteiger partial charge in [0.25, 0.3) is 5.78 Å². The van der Waals surface area contributed by atoms with E-state index in [0.717, 1.165) is 21.6 Å². The third-order valence-corrected chi connectivity index (χ3v) is 5.60. The zero-order chi connectivity index (χ0) is 21.3. The van der Waals surface area contributed by atoms with Gasteiger partial charge in [0, 0.05) is 14.1 Å². The summed E-state index contributed by atoms with van der Waals surface area (Å²) in [5.41, 5.74) is 0.513. The average molecular weight is 418 g/mol. The van der Waals surface area contributed by atoms with E-state index in [1.165, 1.54) is 19.1 Å². The van der Waals surface area contributed by atoms with Gasteiger partial charge in [-0.15, -0.1) is 0 Å². The van der Waals surface area contributed by atoms with Gasteiger partial charge in [0.05, 0.1) is 12.3 Å². The fraction of sp³-hybridized carbons (Fsp3) is 0.333. The molecule has 10 nitrogen and oxygen atoms in total. The zero-order valence-corrected chi connectivity index (χ0v) is 16.7. The number of nitrogens with zero attached hydrogens (tertiary/aromatic N) is 4. The van der Waals surface area contributed by atoms with Crippen LogP contribution < -0.4 is 5.01 Å². The molecule has 1 aromatic carbocycles. The third-order valence-electron chi connectivity index (χ3n) is 4.40. The molecule has 2 aliphatic heterocycles. The SMILES string of the molecule is CCOC(=O)C(=O)C1=NN(c2ccccc2)C(C2C(=O)N(C)C(=O)N(C)C2=O)S1. The Balaban J connectivity index is 2.00. The Morgan fingerprint density at radius 1 is 1.07 bits per heavy atom. The molecule has 0 bridgehead atoms. The summed E-state index contributed by atoms with van der Waals surface area (Å²) >= 11 is 0.814. The largest absolute Gasteiger partial charge is 0.460 e. The minimum atomic E-state index is -1.30. The predicted molar refractivity (Wildman–Crippen MR) is 104 cm³/mol. The number of urea groups is 1. The number of ether oxygens (including phenoxy) is 1. The van der Waals surface area contributed by atoms with Gasteiger partial charge < -0.3 is 4.74 Å². The second-order valence-corrected chi connectivity index (χ2v) is 7.30. The quantitative estimate of drug-likeness (QED) is 0.389. The highest BCUT2D eigenvalue weighted by atomic mass is 32.2. The minimum Gasteiger partial charge on any atom is -0.460 e. The molecule has 0 aromatic heterocycles. The van der Waals surface area contributed by atoms with Crippen molar-refractivity contribution >= 4 is 52.1 Å². The van der Waals surface area contributed by atoms with E-state index in [1.54, 1.807) is 37.3 Å². The molecular formula is C18H18N4O6S. The molecule has 0 saturated carbocycles. The van der Waals surface area contributed by atoms with Gasteiger partial charge in [-0.05, 0) is 19.1 Å². The highest BCUT2D eigenvalue weighted by molar-refractivity contribution is 8.16. The van der Waals surface area contributed by atoms with Crippen LogP contribution in [0.1, 0.15) is 6.92 Å². The highest BCUT2D eigenvalue weighted by Gasteiger charge is 2.52. The van der Waals surface area contributed by atoms with E-state index in [9.17, 15) is 24.0 Å². The normalized spacial score (nSPS) is 20.2. The summed E-state index contributed by atoms with van der Waals surface area (Å²) in [5, 5.41) is 4.39. The van der Waals surface area contributed by atoms with E-state index in [4.69, 9.17) is 4.74 Å². The maximum absolute atomic E-state index is 12.8. The van der Waals surface area contributed by atoms with Crippen LogP contribution in [0, 0.1) is 5.92 Å². The highest BCUT2D eigenvalue weighted by Crippen LogP contribution is 2.38. The maximum Gasteiger partial charge on any atom is 0.382 e. The van der Waals surface area contributed by atoms with E-state index in [0.29, 0.717) is 5.69 Å². The van der Waals surface area contributed by atoms with Crippen molar-refractivity contribution in [3.05, 3.63) is 30.3 Å². The Morgan fingerprint density at radius 2 is 1.66 bits per heavy atom. The minimum absolute atomic E-state index is 0.0195. The first kappa shape index (κ1) is 20.5. The lowest BCUT2D eigenvalue weighted by atomic mass is 10.0. The third kappa shape index (κ3) is 3.60. The number of barbiturate groups is 1. The summed E-state index contributed by atoms with van der Waals surface area (Å²) < 4.78 is 4.73. The summed E-state index contributed by atoms with van der Waals surface area (Å²) in [5.74, 6) is -4.76. The number of Topliss-reactive ketones (excluding diaryl/α,β-unsaturated/α-hetero) is 1. The van der Waals surface area contributed by atoms with Crippen molar-refractivity contribution in [2.45, 2.75) is 12.3 Å². The monoisotopic (exact) mass is 418 g/mol. The summed E-state index contributed by atoms with van der Waals surface area (Å²) in [6.45, 7) is 1.58. The first-order valence-corrected chi connectivity index (χ1v) is 9.56. The number of hydrogen-bond acceptors (Lipinski definition) is 9. The Morgan fingerprint density at radius 3 is 2.21 bits per heavy atom. The van der Waals surface area contributed by atoms with Crippen LogP contribution in [0.15, 0.2) is 35.4 Å². The Bertz CT molecular complexity index is 894. The predicted octanol–water partition coefficient (Wildman–Crippen LogP) is 0.678. The van der Waals surface area contributed by atoms with Crippen LogP contribution in [0.3, 0.4) is 0 Å². The molecule has 2 heterocycles. The molecular weight excluding hydrogens is 400 g/mol. The van der Waals surface area contributed by atoms with Crippen molar-refractivity contribution in [3.8, 4) is 0 Å². The molecule has 1 fully saturated rings.